The minimum atomic E-state index is -0.270. The summed E-state index contributed by atoms with van der Waals surface area (Å²) in [7, 11) is 0. The molecule has 0 aromatic carbocycles. The number of carbonyl (C=O) groups excluding carboxylic acids is 1. The first-order valence-electron chi connectivity index (χ1n) is 4.04. The van der Waals surface area contributed by atoms with Crippen LogP contribution >= 0.6 is 0 Å². The summed E-state index contributed by atoms with van der Waals surface area (Å²) in [6, 6.07) is 0. The van der Waals surface area contributed by atoms with Crippen molar-refractivity contribution in [3.8, 4) is 0 Å². The summed E-state index contributed by atoms with van der Waals surface area (Å²) in [5.41, 5.74) is 0. The molecule has 0 spiro atoms. The predicted molar refractivity (Wildman–Crippen MR) is 40.0 cm³/mol. The molecule has 64 valence electrons. The lowest BCUT2D eigenvalue weighted by atomic mass is 9.95. The number of aliphatic hydroxyl groups is 1. The maximum Gasteiger partial charge on any atom is 0.302 e. The standard InChI is InChI=1S/C8H14O3/c1-6(9)11-8-4-2-3-7(10)5-8/h7-8,10H,2-5H2,1H3/t7-,8+/m1/s1. The summed E-state index contributed by atoms with van der Waals surface area (Å²) in [5.74, 6) is -0.246. The highest BCUT2D eigenvalue weighted by molar-refractivity contribution is 5.66. The van der Waals surface area contributed by atoms with E-state index in [4.69, 9.17) is 4.74 Å². The molecule has 1 aliphatic carbocycles. The fourth-order valence-corrected chi connectivity index (χ4v) is 1.46. The van der Waals surface area contributed by atoms with Gasteiger partial charge in [0.2, 0.25) is 0 Å². The van der Waals surface area contributed by atoms with E-state index in [-0.39, 0.29) is 18.2 Å². The third kappa shape index (κ3) is 2.89. The zero-order valence-corrected chi connectivity index (χ0v) is 6.75. The second-order valence-electron chi connectivity index (χ2n) is 3.05. The highest BCUT2D eigenvalue weighted by Crippen LogP contribution is 2.20. The molecule has 1 rings (SSSR count). The number of esters is 1. The van der Waals surface area contributed by atoms with Gasteiger partial charge in [-0.1, -0.05) is 0 Å². The Bertz CT molecular complexity index is 144. The van der Waals surface area contributed by atoms with E-state index in [2.05, 4.69) is 0 Å². The van der Waals surface area contributed by atoms with Crippen molar-refractivity contribution in [3.05, 3.63) is 0 Å². The van der Waals surface area contributed by atoms with Gasteiger partial charge in [0, 0.05) is 13.3 Å². The molecule has 0 amide bonds. The van der Waals surface area contributed by atoms with E-state index in [1.54, 1.807) is 0 Å². The van der Waals surface area contributed by atoms with E-state index in [0.717, 1.165) is 19.3 Å². The Balaban J connectivity index is 2.28. The lowest BCUT2D eigenvalue weighted by molar-refractivity contribution is -0.149. The van der Waals surface area contributed by atoms with Gasteiger partial charge in [-0.2, -0.15) is 0 Å². The van der Waals surface area contributed by atoms with Crippen LogP contribution in [0.1, 0.15) is 32.6 Å². The van der Waals surface area contributed by atoms with Gasteiger partial charge in [-0.3, -0.25) is 4.79 Å². The van der Waals surface area contributed by atoms with Crippen molar-refractivity contribution in [1.82, 2.24) is 0 Å². The fourth-order valence-electron chi connectivity index (χ4n) is 1.46. The number of ether oxygens (including phenoxy) is 1. The first-order valence-corrected chi connectivity index (χ1v) is 4.04. The average Bonchev–Trinajstić information content (AvgIpc) is 1.85. The number of hydrogen-bond acceptors (Lipinski definition) is 3. The van der Waals surface area contributed by atoms with Crippen LogP contribution in [0.4, 0.5) is 0 Å². The fraction of sp³-hybridized carbons (Fsp3) is 0.875. The molecular formula is C8H14O3. The maximum atomic E-state index is 10.5. The lowest BCUT2D eigenvalue weighted by Gasteiger charge is -2.24. The second kappa shape index (κ2) is 3.72. The average molecular weight is 158 g/mol. The van der Waals surface area contributed by atoms with Crippen molar-refractivity contribution in [2.24, 2.45) is 0 Å². The van der Waals surface area contributed by atoms with E-state index < -0.39 is 0 Å². The van der Waals surface area contributed by atoms with Crippen LogP contribution in [-0.2, 0) is 9.53 Å². The van der Waals surface area contributed by atoms with Crippen molar-refractivity contribution in [2.45, 2.75) is 44.8 Å². The molecule has 0 unspecified atom stereocenters. The van der Waals surface area contributed by atoms with Gasteiger partial charge in [0.15, 0.2) is 0 Å². The Morgan fingerprint density at radius 1 is 1.55 bits per heavy atom. The Morgan fingerprint density at radius 3 is 2.82 bits per heavy atom. The summed E-state index contributed by atoms with van der Waals surface area (Å²) < 4.78 is 4.96. The van der Waals surface area contributed by atoms with Gasteiger partial charge in [0.1, 0.15) is 6.10 Å². The van der Waals surface area contributed by atoms with Crippen molar-refractivity contribution in [3.63, 3.8) is 0 Å². The van der Waals surface area contributed by atoms with E-state index in [1.807, 2.05) is 0 Å². The van der Waals surface area contributed by atoms with E-state index in [0.29, 0.717) is 6.42 Å². The Kier molecular flexibility index (Phi) is 2.88. The SMILES string of the molecule is CC(=O)O[C@H]1CCC[C@@H](O)C1. The molecule has 0 heterocycles. The summed E-state index contributed by atoms with van der Waals surface area (Å²) in [6.45, 7) is 1.40. The van der Waals surface area contributed by atoms with E-state index in [1.165, 1.54) is 6.92 Å². The monoisotopic (exact) mass is 158 g/mol. The Hall–Kier alpha value is -0.570. The lowest BCUT2D eigenvalue weighted by Crippen LogP contribution is -2.27. The van der Waals surface area contributed by atoms with Gasteiger partial charge in [-0.25, -0.2) is 0 Å². The normalized spacial score (nSPS) is 31.5. The molecule has 0 bridgehead atoms. The molecule has 0 saturated heterocycles. The molecule has 1 aliphatic rings. The molecule has 0 radical (unpaired) electrons. The smallest absolute Gasteiger partial charge is 0.302 e. The molecule has 3 nitrogen and oxygen atoms in total. The number of aliphatic hydroxyl groups excluding tert-OH is 1. The van der Waals surface area contributed by atoms with Crippen LogP contribution in [0.5, 0.6) is 0 Å². The van der Waals surface area contributed by atoms with E-state index in [9.17, 15) is 9.90 Å². The summed E-state index contributed by atoms with van der Waals surface area (Å²) in [5, 5.41) is 9.20. The topological polar surface area (TPSA) is 46.5 Å². The molecule has 1 fully saturated rings. The summed E-state index contributed by atoms with van der Waals surface area (Å²) >= 11 is 0. The van der Waals surface area contributed by atoms with Gasteiger partial charge in [0.25, 0.3) is 0 Å². The molecule has 1 N–H and O–H groups in total. The third-order valence-corrected chi connectivity index (χ3v) is 1.93. The highest BCUT2D eigenvalue weighted by atomic mass is 16.5. The zero-order chi connectivity index (χ0) is 8.27. The summed E-state index contributed by atoms with van der Waals surface area (Å²) in [6.07, 6.45) is 3.00. The Morgan fingerprint density at radius 2 is 2.27 bits per heavy atom. The van der Waals surface area contributed by atoms with Crippen molar-refractivity contribution >= 4 is 5.97 Å². The van der Waals surface area contributed by atoms with Crippen LogP contribution in [-0.4, -0.2) is 23.3 Å². The molecule has 0 aliphatic heterocycles. The van der Waals surface area contributed by atoms with Crippen molar-refractivity contribution < 1.29 is 14.6 Å². The third-order valence-electron chi connectivity index (χ3n) is 1.93. The number of carbonyl (C=O) groups is 1. The van der Waals surface area contributed by atoms with Gasteiger partial charge < -0.3 is 9.84 Å². The number of hydrogen-bond donors (Lipinski definition) is 1. The Labute approximate surface area is 66.4 Å². The molecule has 11 heavy (non-hydrogen) atoms. The first kappa shape index (κ1) is 8.53. The highest BCUT2D eigenvalue weighted by Gasteiger charge is 2.21. The van der Waals surface area contributed by atoms with Gasteiger partial charge in [-0.05, 0) is 19.3 Å². The minimum absolute atomic E-state index is 0.0451. The van der Waals surface area contributed by atoms with Crippen LogP contribution < -0.4 is 0 Å². The van der Waals surface area contributed by atoms with Gasteiger partial charge >= 0.3 is 5.97 Å². The van der Waals surface area contributed by atoms with Crippen molar-refractivity contribution in [1.29, 1.82) is 0 Å². The van der Waals surface area contributed by atoms with Crippen LogP contribution in [0.2, 0.25) is 0 Å². The van der Waals surface area contributed by atoms with Gasteiger partial charge in [-0.15, -0.1) is 0 Å². The summed E-state index contributed by atoms with van der Waals surface area (Å²) in [4.78, 5) is 10.5. The zero-order valence-electron chi connectivity index (χ0n) is 6.75. The predicted octanol–water partition coefficient (Wildman–Crippen LogP) is 0.853. The van der Waals surface area contributed by atoms with Crippen LogP contribution in [0.3, 0.4) is 0 Å². The number of rotatable bonds is 1. The van der Waals surface area contributed by atoms with Gasteiger partial charge in [0.05, 0.1) is 6.10 Å². The quantitative estimate of drug-likeness (QED) is 0.575. The molecule has 3 heteroatoms. The minimum Gasteiger partial charge on any atom is -0.462 e. The molecule has 0 aromatic rings. The molecule has 0 aromatic heterocycles. The van der Waals surface area contributed by atoms with Crippen LogP contribution in [0.25, 0.3) is 0 Å². The maximum absolute atomic E-state index is 10.5. The first-order chi connectivity index (χ1) is 5.18. The molecular weight excluding hydrogens is 144 g/mol. The molecule has 2 atom stereocenters. The second-order valence-corrected chi connectivity index (χ2v) is 3.05. The molecule has 1 saturated carbocycles. The van der Waals surface area contributed by atoms with Crippen molar-refractivity contribution in [2.75, 3.05) is 0 Å². The largest absolute Gasteiger partial charge is 0.462 e. The van der Waals surface area contributed by atoms with Crippen LogP contribution in [0, 0.1) is 0 Å². The van der Waals surface area contributed by atoms with E-state index >= 15 is 0 Å². The van der Waals surface area contributed by atoms with Crippen LogP contribution in [0.15, 0.2) is 0 Å².